The van der Waals surface area contributed by atoms with Crippen LogP contribution in [0.2, 0.25) is 0 Å². The fourth-order valence-electron chi connectivity index (χ4n) is 2.71. The third-order valence-corrected chi connectivity index (χ3v) is 4.28. The first-order valence-corrected chi connectivity index (χ1v) is 7.06. The number of rotatable bonds is 8. The van der Waals surface area contributed by atoms with Gasteiger partial charge in [0.1, 0.15) is 5.82 Å². The minimum atomic E-state index is 0.156. The predicted molar refractivity (Wildman–Crippen MR) is 76.6 cm³/mol. The van der Waals surface area contributed by atoms with Gasteiger partial charge < -0.3 is 10.3 Å². The van der Waals surface area contributed by atoms with Gasteiger partial charge in [0.15, 0.2) is 0 Å². The van der Waals surface area contributed by atoms with Gasteiger partial charge in [0, 0.05) is 37.6 Å². The van der Waals surface area contributed by atoms with E-state index in [9.17, 15) is 0 Å². The number of aryl methyl sites for hydroxylation is 1. The quantitative estimate of drug-likeness (QED) is 0.770. The molecule has 0 amide bonds. The molecule has 0 radical (unpaired) electrons. The summed E-state index contributed by atoms with van der Waals surface area (Å²) in [6.45, 7) is 12.5. The van der Waals surface area contributed by atoms with E-state index >= 15 is 0 Å². The van der Waals surface area contributed by atoms with E-state index in [4.69, 9.17) is 5.73 Å². The molecule has 0 atom stereocenters. The molecule has 104 valence electrons. The SMILES string of the molecule is CCN(CCn1ccnc1C)C(CC)(CC)CN. The Morgan fingerprint density at radius 2 is 2.00 bits per heavy atom. The molecule has 1 aromatic heterocycles. The summed E-state index contributed by atoms with van der Waals surface area (Å²) in [7, 11) is 0. The van der Waals surface area contributed by atoms with E-state index in [2.05, 4.69) is 35.2 Å². The molecule has 1 heterocycles. The van der Waals surface area contributed by atoms with Gasteiger partial charge in [-0.05, 0) is 26.3 Å². The van der Waals surface area contributed by atoms with E-state index in [-0.39, 0.29) is 5.54 Å². The zero-order valence-electron chi connectivity index (χ0n) is 12.3. The Morgan fingerprint density at radius 3 is 2.39 bits per heavy atom. The molecule has 4 nitrogen and oxygen atoms in total. The maximum absolute atomic E-state index is 6.02. The Kier molecular flexibility index (Phi) is 5.82. The van der Waals surface area contributed by atoms with Crippen LogP contribution in [-0.2, 0) is 6.54 Å². The van der Waals surface area contributed by atoms with Crippen molar-refractivity contribution in [3.63, 3.8) is 0 Å². The first kappa shape index (κ1) is 15.2. The topological polar surface area (TPSA) is 47.1 Å². The third-order valence-electron chi connectivity index (χ3n) is 4.28. The largest absolute Gasteiger partial charge is 0.334 e. The molecule has 0 bridgehead atoms. The molecular weight excluding hydrogens is 224 g/mol. The lowest BCUT2D eigenvalue weighted by Crippen LogP contribution is -2.54. The highest BCUT2D eigenvalue weighted by Crippen LogP contribution is 2.22. The number of nitrogens with zero attached hydrogens (tertiary/aromatic N) is 3. The Labute approximate surface area is 111 Å². The summed E-state index contributed by atoms with van der Waals surface area (Å²) in [6, 6.07) is 0. The van der Waals surface area contributed by atoms with Crippen molar-refractivity contribution < 1.29 is 0 Å². The van der Waals surface area contributed by atoms with E-state index in [0.29, 0.717) is 0 Å². The molecule has 4 heteroatoms. The van der Waals surface area contributed by atoms with E-state index in [0.717, 1.165) is 44.8 Å². The Balaban J connectivity index is 2.69. The van der Waals surface area contributed by atoms with E-state index < -0.39 is 0 Å². The number of imidazole rings is 1. The van der Waals surface area contributed by atoms with Gasteiger partial charge in [0.2, 0.25) is 0 Å². The van der Waals surface area contributed by atoms with Crippen LogP contribution in [0.25, 0.3) is 0 Å². The van der Waals surface area contributed by atoms with E-state index in [1.165, 1.54) is 0 Å². The molecule has 0 aliphatic rings. The van der Waals surface area contributed by atoms with Crippen molar-refractivity contribution in [3.8, 4) is 0 Å². The molecule has 0 saturated heterocycles. The van der Waals surface area contributed by atoms with Gasteiger partial charge in [0.05, 0.1) is 0 Å². The molecule has 0 aromatic carbocycles. The monoisotopic (exact) mass is 252 g/mol. The summed E-state index contributed by atoms with van der Waals surface area (Å²) in [4.78, 5) is 6.78. The summed E-state index contributed by atoms with van der Waals surface area (Å²) in [6.07, 6.45) is 6.13. The first-order valence-electron chi connectivity index (χ1n) is 7.06. The zero-order chi connectivity index (χ0) is 13.6. The molecule has 0 fully saturated rings. The van der Waals surface area contributed by atoms with Crippen LogP contribution in [0.3, 0.4) is 0 Å². The van der Waals surface area contributed by atoms with Crippen LogP contribution >= 0.6 is 0 Å². The van der Waals surface area contributed by atoms with Gasteiger partial charge in [-0.15, -0.1) is 0 Å². The fraction of sp³-hybridized carbons (Fsp3) is 0.786. The normalized spacial score (nSPS) is 12.3. The van der Waals surface area contributed by atoms with Crippen molar-refractivity contribution in [1.29, 1.82) is 0 Å². The van der Waals surface area contributed by atoms with Crippen molar-refractivity contribution in [1.82, 2.24) is 14.5 Å². The molecule has 1 aromatic rings. The van der Waals surface area contributed by atoms with Crippen LogP contribution in [-0.4, -0.2) is 39.6 Å². The summed E-state index contributed by atoms with van der Waals surface area (Å²) in [5.41, 5.74) is 6.18. The van der Waals surface area contributed by atoms with Gasteiger partial charge in [-0.25, -0.2) is 4.98 Å². The average molecular weight is 252 g/mol. The average Bonchev–Trinajstić information content (AvgIpc) is 2.81. The molecule has 0 aliphatic carbocycles. The highest BCUT2D eigenvalue weighted by molar-refractivity contribution is 4.91. The molecule has 0 saturated carbocycles. The smallest absolute Gasteiger partial charge is 0.105 e. The number of nitrogens with two attached hydrogens (primary N) is 1. The summed E-state index contributed by atoms with van der Waals surface area (Å²) in [5, 5.41) is 0. The van der Waals surface area contributed by atoms with Crippen molar-refractivity contribution >= 4 is 0 Å². The van der Waals surface area contributed by atoms with Crippen LogP contribution in [0.5, 0.6) is 0 Å². The van der Waals surface area contributed by atoms with Crippen LogP contribution in [0.4, 0.5) is 0 Å². The molecule has 18 heavy (non-hydrogen) atoms. The van der Waals surface area contributed by atoms with Crippen LogP contribution in [0, 0.1) is 6.92 Å². The molecule has 0 aliphatic heterocycles. The minimum Gasteiger partial charge on any atom is -0.334 e. The fourth-order valence-corrected chi connectivity index (χ4v) is 2.71. The van der Waals surface area contributed by atoms with Crippen molar-refractivity contribution in [2.24, 2.45) is 5.73 Å². The minimum absolute atomic E-state index is 0.156. The zero-order valence-corrected chi connectivity index (χ0v) is 12.3. The van der Waals surface area contributed by atoms with Crippen LogP contribution in [0.1, 0.15) is 39.4 Å². The second-order valence-electron chi connectivity index (χ2n) is 4.88. The number of aromatic nitrogens is 2. The standard InChI is InChI=1S/C14H28N4/c1-5-14(6-2,12-15)18(7-3)11-10-17-9-8-16-13(17)4/h8-9H,5-7,10-12,15H2,1-4H3. The van der Waals surface area contributed by atoms with Gasteiger partial charge in [-0.2, -0.15) is 0 Å². The summed E-state index contributed by atoms with van der Waals surface area (Å²) >= 11 is 0. The number of likely N-dealkylation sites (N-methyl/N-ethyl adjacent to an activating group) is 1. The van der Waals surface area contributed by atoms with Crippen molar-refractivity contribution in [2.45, 2.75) is 52.6 Å². The first-order chi connectivity index (χ1) is 8.63. The second kappa shape index (κ2) is 6.90. The second-order valence-corrected chi connectivity index (χ2v) is 4.88. The van der Waals surface area contributed by atoms with Gasteiger partial charge in [-0.1, -0.05) is 20.8 Å². The lowest BCUT2D eigenvalue weighted by atomic mass is 9.90. The van der Waals surface area contributed by atoms with Crippen LogP contribution in [0.15, 0.2) is 12.4 Å². The summed E-state index contributed by atoms with van der Waals surface area (Å²) in [5.74, 6) is 1.08. The number of hydrogen-bond donors (Lipinski definition) is 1. The molecule has 0 unspecified atom stereocenters. The molecule has 0 spiro atoms. The van der Waals surface area contributed by atoms with E-state index in [1.54, 1.807) is 0 Å². The molecular formula is C14H28N4. The lowest BCUT2D eigenvalue weighted by Gasteiger charge is -2.42. The van der Waals surface area contributed by atoms with Crippen LogP contribution < -0.4 is 5.73 Å². The summed E-state index contributed by atoms with van der Waals surface area (Å²) < 4.78 is 2.20. The van der Waals surface area contributed by atoms with Gasteiger partial charge in [-0.3, -0.25) is 4.90 Å². The van der Waals surface area contributed by atoms with E-state index in [1.807, 2.05) is 19.3 Å². The van der Waals surface area contributed by atoms with Crippen molar-refractivity contribution in [2.75, 3.05) is 19.6 Å². The Hall–Kier alpha value is -0.870. The maximum atomic E-state index is 6.02. The Morgan fingerprint density at radius 1 is 1.33 bits per heavy atom. The van der Waals surface area contributed by atoms with Gasteiger partial charge in [0.25, 0.3) is 0 Å². The predicted octanol–water partition coefficient (Wildman–Crippen LogP) is 2.03. The van der Waals surface area contributed by atoms with Gasteiger partial charge >= 0.3 is 0 Å². The third kappa shape index (κ3) is 3.12. The molecule has 1 rings (SSSR count). The maximum Gasteiger partial charge on any atom is 0.105 e. The highest BCUT2D eigenvalue weighted by atomic mass is 15.2. The highest BCUT2D eigenvalue weighted by Gasteiger charge is 2.30. The lowest BCUT2D eigenvalue weighted by molar-refractivity contribution is 0.0865. The van der Waals surface area contributed by atoms with Crippen molar-refractivity contribution in [3.05, 3.63) is 18.2 Å². The molecule has 2 N–H and O–H groups in total. The number of hydrogen-bond acceptors (Lipinski definition) is 3. The Bertz CT molecular complexity index is 333.